The Morgan fingerprint density at radius 1 is 1.35 bits per heavy atom. The first-order valence-corrected chi connectivity index (χ1v) is 7.44. The fraction of sp³-hybridized carbons (Fsp3) is 0.857. The number of piperidine rings is 1. The molecule has 114 valence electrons. The first-order chi connectivity index (χ1) is 9.47. The number of likely N-dealkylation sites (tertiary alicyclic amines) is 2. The van der Waals surface area contributed by atoms with Crippen LogP contribution in [0.2, 0.25) is 0 Å². The van der Waals surface area contributed by atoms with Crippen LogP contribution in [0.4, 0.5) is 0 Å². The van der Waals surface area contributed by atoms with Gasteiger partial charge in [0.15, 0.2) is 0 Å². The molecule has 0 aromatic heterocycles. The fourth-order valence-electron chi connectivity index (χ4n) is 2.85. The molecule has 1 atom stereocenters. The van der Waals surface area contributed by atoms with Gasteiger partial charge in [-0.1, -0.05) is 0 Å². The van der Waals surface area contributed by atoms with Crippen molar-refractivity contribution in [3.05, 3.63) is 0 Å². The Kier molecular flexibility index (Phi) is 4.99. The molecule has 6 heteroatoms. The Hall–Kier alpha value is -1.14. The number of hydrogen-bond donors (Lipinski definition) is 1. The molecular formula is C14H26N4O2. The highest BCUT2D eigenvalue weighted by Crippen LogP contribution is 2.21. The Labute approximate surface area is 120 Å². The van der Waals surface area contributed by atoms with Crippen LogP contribution in [0.15, 0.2) is 0 Å². The lowest BCUT2D eigenvalue weighted by Crippen LogP contribution is -2.45. The molecule has 1 unspecified atom stereocenters. The van der Waals surface area contributed by atoms with E-state index >= 15 is 0 Å². The predicted molar refractivity (Wildman–Crippen MR) is 77.0 cm³/mol. The highest BCUT2D eigenvalue weighted by molar-refractivity contribution is 5.89. The van der Waals surface area contributed by atoms with Crippen molar-refractivity contribution in [1.82, 2.24) is 14.7 Å². The lowest BCUT2D eigenvalue weighted by atomic mass is 10.0. The van der Waals surface area contributed by atoms with Crippen molar-refractivity contribution in [1.29, 1.82) is 0 Å². The number of carbonyl (C=O) groups excluding carboxylic acids is 2. The Bertz CT molecular complexity index is 364. The zero-order valence-corrected chi connectivity index (χ0v) is 12.5. The molecule has 6 nitrogen and oxygen atoms in total. The van der Waals surface area contributed by atoms with Crippen molar-refractivity contribution in [2.45, 2.75) is 25.3 Å². The second kappa shape index (κ2) is 6.54. The first kappa shape index (κ1) is 15.3. The van der Waals surface area contributed by atoms with Crippen LogP contribution in [0.3, 0.4) is 0 Å². The summed E-state index contributed by atoms with van der Waals surface area (Å²) in [4.78, 5) is 30.1. The molecule has 2 aliphatic rings. The molecule has 0 radical (unpaired) electrons. The van der Waals surface area contributed by atoms with Crippen LogP contribution in [-0.2, 0) is 9.59 Å². The molecule has 2 saturated heterocycles. The lowest BCUT2D eigenvalue weighted by Gasteiger charge is -2.32. The SMILES string of the molecule is CN(C)CCN1CC(C(=O)N2CCC(N)CC2)CC1=O. The molecule has 2 fully saturated rings. The number of nitrogens with two attached hydrogens (primary N) is 1. The van der Waals surface area contributed by atoms with Gasteiger partial charge in [0.25, 0.3) is 0 Å². The van der Waals surface area contributed by atoms with E-state index in [1.807, 2.05) is 23.9 Å². The smallest absolute Gasteiger partial charge is 0.227 e. The number of nitrogens with zero attached hydrogens (tertiary/aromatic N) is 3. The summed E-state index contributed by atoms with van der Waals surface area (Å²) in [5.74, 6) is 0.0931. The van der Waals surface area contributed by atoms with Gasteiger partial charge in [0.1, 0.15) is 0 Å². The third-order valence-electron chi connectivity index (χ3n) is 4.23. The van der Waals surface area contributed by atoms with E-state index in [0.717, 1.165) is 32.5 Å². The molecule has 2 amide bonds. The number of amides is 2. The molecular weight excluding hydrogens is 256 g/mol. The van der Waals surface area contributed by atoms with Gasteiger partial charge in [-0.15, -0.1) is 0 Å². The highest BCUT2D eigenvalue weighted by atomic mass is 16.2. The summed E-state index contributed by atoms with van der Waals surface area (Å²) in [6.07, 6.45) is 2.11. The van der Waals surface area contributed by atoms with Gasteiger partial charge in [0.2, 0.25) is 11.8 Å². The van der Waals surface area contributed by atoms with Gasteiger partial charge >= 0.3 is 0 Å². The van der Waals surface area contributed by atoms with E-state index in [-0.39, 0.29) is 23.8 Å². The topological polar surface area (TPSA) is 69.9 Å². The molecule has 0 spiro atoms. The van der Waals surface area contributed by atoms with Gasteiger partial charge in [-0.05, 0) is 26.9 Å². The number of likely N-dealkylation sites (N-methyl/N-ethyl adjacent to an activating group) is 1. The van der Waals surface area contributed by atoms with E-state index in [0.29, 0.717) is 19.5 Å². The molecule has 0 aromatic rings. The Morgan fingerprint density at radius 3 is 2.60 bits per heavy atom. The van der Waals surface area contributed by atoms with Gasteiger partial charge in [-0.2, -0.15) is 0 Å². The average Bonchev–Trinajstić information content (AvgIpc) is 2.78. The maximum absolute atomic E-state index is 12.4. The monoisotopic (exact) mass is 282 g/mol. The highest BCUT2D eigenvalue weighted by Gasteiger charge is 2.36. The van der Waals surface area contributed by atoms with Crippen molar-refractivity contribution in [3.63, 3.8) is 0 Å². The lowest BCUT2D eigenvalue weighted by molar-refractivity contribution is -0.136. The molecule has 2 heterocycles. The Balaban J connectivity index is 1.84. The van der Waals surface area contributed by atoms with Gasteiger partial charge in [-0.25, -0.2) is 0 Å². The minimum atomic E-state index is -0.154. The number of rotatable bonds is 4. The van der Waals surface area contributed by atoms with Crippen molar-refractivity contribution >= 4 is 11.8 Å². The molecule has 20 heavy (non-hydrogen) atoms. The molecule has 0 bridgehead atoms. The van der Waals surface area contributed by atoms with Crippen molar-refractivity contribution in [3.8, 4) is 0 Å². The van der Waals surface area contributed by atoms with E-state index in [2.05, 4.69) is 4.90 Å². The summed E-state index contributed by atoms with van der Waals surface area (Å²) in [5.41, 5.74) is 5.86. The molecule has 0 saturated carbocycles. The molecule has 0 aromatic carbocycles. The first-order valence-electron chi connectivity index (χ1n) is 7.44. The van der Waals surface area contributed by atoms with E-state index in [1.165, 1.54) is 0 Å². The third-order valence-corrected chi connectivity index (χ3v) is 4.23. The van der Waals surface area contributed by atoms with Crippen molar-refractivity contribution < 1.29 is 9.59 Å². The van der Waals surface area contributed by atoms with Crippen LogP contribution in [0, 0.1) is 5.92 Å². The molecule has 2 aliphatic heterocycles. The van der Waals surface area contributed by atoms with Crippen LogP contribution >= 0.6 is 0 Å². The van der Waals surface area contributed by atoms with Crippen LogP contribution < -0.4 is 5.73 Å². The van der Waals surface area contributed by atoms with E-state index in [1.54, 1.807) is 0 Å². The maximum Gasteiger partial charge on any atom is 0.227 e. The minimum Gasteiger partial charge on any atom is -0.342 e. The largest absolute Gasteiger partial charge is 0.342 e. The van der Waals surface area contributed by atoms with E-state index in [9.17, 15) is 9.59 Å². The summed E-state index contributed by atoms with van der Waals surface area (Å²) in [5, 5.41) is 0. The van der Waals surface area contributed by atoms with Gasteiger partial charge in [0.05, 0.1) is 5.92 Å². The third kappa shape index (κ3) is 3.70. The fourth-order valence-corrected chi connectivity index (χ4v) is 2.85. The van der Waals surface area contributed by atoms with Crippen LogP contribution in [-0.4, -0.2) is 79.4 Å². The summed E-state index contributed by atoms with van der Waals surface area (Å²) in [6.45, 7) is 3.60. The Morgan fingerprint density at radius 2 is 2.00 bits per heavy atom. The van der Waals surface area contributed by atoms with E-state index < -0.39 is 0 Å². The zero-order chi connectivity index (χ0) is 14.7. The van der Waals surface area contributed by atoms with Gasteiger partial charge < -0.3 is 20.4 Å². The second-order valence-electron chi connectivity index (χ2n) is 6.21. The summed E-state index contributed by atoms with van der Waals surface area (Å²) < 4.78 is 0. The number of hydrogen-bond acceptors (Lipinski definition) is 4. The zero-order valence-electron chi connectivity index (χ0n) is 12.5. The summed E-state index contributed by atoms with van der Waals surface area (Å²) in [7, 11) is 3.97. The summed E-state index contributed by atoms with van der Waals surface area (Å²) >= 11 is 0. The van der Waals surface area contributed by atoms with Gasteiger partial charge in [-0.3, -0.25) is 9.59 Å². The number of carbonyl (C=O) groups is 2. The van der Waals surface area contributed by atoms with Crippen LogP contribution in [0.5, 0.6) is 0 Å². The average molecular weight is 282 g/mol. The second-order valence-corrected chi connectivity index (χ2v) is 6.21. The molecule has 0 aliphatic carbocycles. The molecule has 2 rings (SSSR count). The summed E-state index contributed by atoms with van der Waals surface area (Å²) in [6, 6.07) is 0.223. The van der Waals surface area contributed by atoms with Crippen LogP contribution in [0.25, 0.3) is 0 Å². The quantitative estimate of drug-likeness (QED) is 0.743. The predicted octanol–water partition coefficient (Wildman–Crippen LogP) is -0.654. The van der Waals surface area contributed by atoms with Crippen molar-refractivity contribution in [2.75, 3.05) is 46.8 Å². The minimum absolute atomic E-state index is 0.110. The molecule has 2 N–H and O–H groups in total. The normalized spacial score (nSPS) is 24.8. The standard InChI is InChI=1S/C14H26N4O2/c1-16(2)7-8-18-10-11(9-13(18)19)14(20)17-5-3-12(15)4-6-17/h11-12H,3-10,15H2,1-2H3. The maximum atomic E-state index is 12.4. The van der Waals surface area contributed by atoms with E-state index in [4.69, 9.17) is 5.73 Å². The van der Waals surface area contributed by atoms with Crippen molar-refractivity contribution in [2.24, 2.45) is 11.7 Å². The van der Waals surface area contributed by atoms with Gasteiger partial charge in [0, 0.05) is 45.2 Å². The van der Waals surface area contributed by atoms with Crippen LogP contribution in [0.1, 0.15) is 19.3 Å².